The molecule has 1 saturated carbocycles. The van der Waals surface area contributed by atoms with Gasteiger partial charge in [0.25, 0.3) is 0 Å². The fourth-order valence-corrected chi connectivity index (χ4v) is 3.18. The van der Waals surface area contributed by atoms with Crippen molar-refractivity contribution in [2.45, 2.75) is 44.6 Å². The SMILES string of the molecule is O=C(CCCl)N1CCN(C2CCCCC2)CC1. The molecule has 2 aliphatic rings. The van der Waals surface area contributed by atoms with Crippen molar-refractivity contribution in [2.75, 3.05) is 32.1 Å². The third kappa shape index (κ3) is 3.59. The van der Waals surface area contributed by atoms with E-state index in [1.165, 1.54) is 32.1 Å². The Morgan fingerprint density at radius 1 is 1.06 bits per heavy atom. The van der Waals surface area contributed by atoms with Gasteiger partial charge in [-0.3, -0.25) is 9.69 Å². The van der Waals surface area contributed by atoms with E-state index in [0.717, 1.165) is 32.2 Å². The molecule has 0 atom stereocenters. The minimum absolute atomic E-state index is 0.225. The van der Waals surface area contributed by atoms with Gasteiger partial charge in [0.2, 0.25) is 5.91 Å². The maximum Gasteiger partial charge on any atom is 0.223 e. The number of carbonyl (C=O) groups excluding carboxylic acids is 1. The van der Waals surface area contributed by atoms with Crippen LogP contribution in [0.5, 0.6) is 0 Å². The number of piperazine rings is 1. The number of alkyl halides is 1. The highest BCUT2D eigenvalue weighted by atomic mass is 35.5. The average molecular weight is 259 g/mol. The minimum atomic E-state index is 0.225. The van der Waals surface area contributed by atoms with Crippen LogP contribution in [0.3, 0.4) is 0 Å². The molecule has 1 aliphatic heterocycles. The Morgan fingerprint density at radius 2 is 1.71 bits per heavy atom. The first-order valence-corrected chi connectivity index (χ1v) is 7.42. The summed E-state index contributed by atoms with van der Waals surface area (Å²) in [5, 5.41) is 0. The third-order valence-corrected chi connectivity index (χ3v) is 4.26. The van der Waals surface area contributed by atoms with Crippen molar-refractivity contribution < 1.29 is 4.79 Å². The van der Waals surface area contributed by atoms with Crippen molar-refractivity contribution in [2.24, 2.45) is 0 Å². The number of hydrogen-bond donors (Lipinski definition) is 0. The largest absolute Gasteiger partial charge is 0.340 e. The maximum absolute atomic E-state index is 11.7. The Balaban J connectivity index is 1.75. The topological polar surface area (TPSA) is 23.6 Å². The molecule has 0 aromatic heterocycles. The van der Waals surface area contributed by atoms with Crippen LogP contribution in [0, 0.1) is 0 Å². The fraction of sp³-hybridized carbons (Fsp3) is 0.923. The van der Waals surface area contributed by atoms with Crippen molar-refractivity contribution in [3.05, 3.63) is 0 Å². The molecule has 3 nitrogen and oxygen atoms in total. The first-order valence-electron chi connectivity index (χ1n) is 6.89. The second-order valence-electron chi connectivity index (χ2n) is 5.15. The summed E-state index contributed by atoms with van der Waals surface area (Å²) in [6.45, 7) is 3.90. The predicted molar refractivity (Wildman–Crippen MR) is 70.4 cm³/mol. The molecular formula is C13H23ClN2O. The summed E-state index contributed by atoms with van der Waals surface area (Å²) in [7, 11) is 0. The van der Waals surface area contributed by atoms with Crippen LogP contribution in [0.15, 0.2) is 0 Å². The quantitative estimate of drug-likeness (QED) is 0.724. The predicted octanol–water partition coefficient (Wildman–Crippen LogP) is 2.09. The monoisotopic (exact) mass is 258 g/mol. The molecule has 0 aromatic rings. The molecule has 98 valence electrons. The molecule has 1 amide bonds. The molecule has 1 saturated heterocycles. The summed E-state index contributed by atoms with van der Waals surface area (Å²) in [5.41, 5.74) is 0. The third-order valence-electron chi connectivity index (χ3n) is 4.07. The highest BCUT2D eigenvalue weighted by molar-refractivity contribution is 6.18. The van der Waals surface area contributed by atoms with Crippen molar-refractivity contribution in [3.8, 4) is 0 Å². The fourth-order valence-electron chi connectivity index (χ4n) is 3.02. The van der Waals surface area contributed by atoms with E-state index in [0.29, 0.717) is 12.3 Å². The van der Waals surface area contributed by atoms with Gasteiger partial charge in [0.05, 0.1) is 0 Å². The molecule has 1 aliphatic carbocycles. The van der Waals surface area contributed by atoms with E-state index in [2.05, 4.69) is 4.90 Å². The van der Waals surface area contributed by atoms with Gasteiger partial charge in [0, 0.05) is 44.5 Å². The van der Waals surface area contributed by atoms with Gasteiger partial charge in [-0.15, -0.1) is 11.6 Å². The molecule has 0 unspecified atom stereocenters. The van der Waals surface area contributed by atoms with Crippen LogP contribution >= 0.6 is 11.6 Å². The van der Waals surface area contributed by atoms with Crippen LogP contribution in [0.4, 0.5) is 0 Å². The van der Waals surface area contributed by atoms with Gasteiger partial charge < -0.3 is 4.90 Å². The highest BCUT2D eigenvalue weighted by Gasteiger charge is 2.26. The highest BCUT2D eigenvalue weighted by Crippen LogP contribution is 2.23. The Labute approximate surface area is 109 Å². The van der Waals surface area contributed by atoms with Crippen LogP contribution < -0.4 is 0 Å². The Kier molecular flexibility index (Phi) is 5.11. The first-order chi connectivity index (χ1) is 8.31. The molecule has 17 heavy (non-hydrogen) atoms. The van der Waals surface area contributed by atoms with Gasteiger partial charge in [-0.1, -0.05) is 19.3 Å². The smallest absolute Gasteiger partial charge is 0.223 e. The molecule has 0 aromatic carbocycles. The second kappa shape index (κ2) is 6.60. The number of amides is 1. The minimum Gasteiger partial charge on any atom is -0.340 e. The number of halogens is 1. The summed E-state index contributed by atoms with van der Waals surface area (Å²) in [5.74, 6) is 0.671. The number of hydrogen-bond acceptors (Lipinski definition) is 2. The second-order valence-corrected chi connectivity index (χ2v) is 5.53. The number of nitrogens with zero attached hydrogens (tertiary/aromatic N) is 2. The Morgan fingerprint density at radius 3 is 2.29 bits per heavy atom. The van der Waals surface area contributed by atoms with Gasteiger partial charge in [-0.05, 0) is 12.8 Å². The molecular weight excluding hydrogens is 236 g/mol. The van der Waals surface area contributed by atoms with Crippen molar-refractivity contribution >= 4 is 17.5 Å². The van der Waals surface area contributed by atoms with Crippen molar-refractivity contribution in [1.82, 2.24) is 9.80 Å². The molecule has 0 spiro atoms. The van der Waals surface area contributed by atoms with E-state index in [1.807, 2.05) is 4.90 Å². The Hall–Kier alpha value is -0.280. The van der Waals surface area contributed by atoms with Crippen molar-refractivity contribution in [1.29, 1.82) is 0 Å². The van der Waals surface area contributed by atoms with E-state index >= 15 is 0 Å². The van der Waals surface area contributed by atoms with Crippen LogP contribution in [0.2, 0.25) is 0 Å². The van der Waals surface area contributed by atoms with Crippen molar-refractivity contribution in [3.63, 3.8) is 0 Å². The summed E-state index contributed by atoms with van der Waals surface area (Å²) in [6, 6.07) is 0.786. The van der Waals surface area contributed by atoms with E-state index in [-0.39, 0.29) is 5.91 Å². The first kappa shape index (κ1) is 13.2. The number of rotatable bonds is 3. The lowest BCUT2D eigenvalue weighted by Gasteiger charge is -2.40. The molecule has 1 heterocycles. The lowest BCUT2D eigenvalue weighted by molar-refractivity contribution is -0.132. The zero-order valence-electron chi connectivity index (χ0n) is 10.5. The zero-order chi connectivity index (χ0) is 12.1. The molecule has 0 radical (unpaired) electrons. The normalized spacial score (nSPS) is 23.9. The maximum atomic E-state index is 11.7. The molecule has 0 N–H and O–H groups in total. The van der Waals surface area contributed by atoms with Crippen LogP contribution in [-0.4, -0.2) is 53.8 Å². The molecule has 4 heteroatoms. The van der Waals surface area contributed by atoms with E-state index < -0.39 is 0 Å². The van der Waals surface area contributed by atoms with Gasteiger partial charge in [0.15, 0.2) is 0 Å². The zero-order valence-corrected chi connectivity index (χ0v) is 11.3. The van der Waals surface area contributed by atoms with Crippen LogP contribution in [-0.2, 0) is 4.79 Å². The van der Waals surface area contributed by atoms with E-state index in [9.17, 15) is 4.79 Å². The lowest BCUT2D eigenvalue weighted by Crippen LogP contribution is -2.52. The summed E-state index contributed by atoms with van der Waals surface area (Å²) >= 11 is 5.61. The van der Waals surface area contributed by atoms with E-state index in [1.54, 1.807) is 0 Å². The number of carbonyl (C=O) groups is 1. The Bertz CT molecular complexity index is 246. The lowest BCUT2D eigenvalue weighted by atomic mass is 9.94. The summed E-state index contributed by atoms with van der Waals surface area (Å²) < 4.78 is 0. The van der Waals surface area contributed by atoms with Gasteiger partial charge in [-0.2, -0.15) is 0 Å². The van der Waals surface area contributed by atoms with Crippen LogP contribution in [0.25, 0.3) is 0 Å². The van der Waals surface area contributed by atoms with Gasteiger partial charge >= 0.3 is 0 Å². The van der Waals surface area contributed by atoms with Gasteiger partial charge in [-0.25, -0.2) is 0 Å². The van der Waals surface area contributed by atoms with Crippen LogP contribution in [0.1, 0.15) is 38.5 Å². The summed E-state index contributed by atoms with van der Waals surface area (Å²) in [4.78, 5) is 16.3. The summed E-state index contributed by atoms with van der Waals surface area (Å²) in [6.07, 6.45) is 7.38. The van der Waals surface area contributed by atoms with E-state index in [4.69, 9.17) is 11.6 Å². The molecule has 0 bridgehead atoms. The van der Waals surface area contributed by atoms with Gasteiger partial charge in [0.1, 0.15) is 0 Å². The average Bonchev–Trinajstić information content (AvgIpc) is 2.40. The molecule has 2 rings (SSSR count). The standard InChI is InChI=1S/C13H23ClN2O/c14-7-6-13(17)16-10-8-15(9-11-16)12-4-2-1-3-5-12/h12H,1-11H2. The molecule has 2 fully saturated rings.